The summed E-state index contributed by atoms with van der Waals surface area (Å²) in [5, 5.41) is 8.67. The van der Waals surface area contributed by atoms with Crippen molar-refractivity contribution in [3.63, 3.8) is 0 Å². The van der Waals surface area contributed by atoms with Gasteiger partial charge < -0.3 is 13.7 Å². The van der Waals surface area contributed by atoms with Gasteiger partial charge in [0, 0.05) is 37.3 Å². The molecule has 1 saturated heterocycles. The van der Waals surface area contributed by atoms with Crippen LogP contribution >= 0.6 is 12.2 Å². The zero-order valence-corrected chi connectivity index (χ0v) is 19.1. The largest absolute Gasteiger partial charge is 0.497 e. The van der Waals surface area contributed by atoms with Gasteiger partial charge in [-0.25, -0.2) is 4.68 Å². The Morgan fingerprint density at radius 3 is 2.39 bits per heavy atom. The highest BCUT2D eigenvalue weighted by molar-refractivity contribution is 7.71. The molecule has 170 valence electrons. The van der Waals surface area contributed by atoms with Gasteiger partial charge in [-0.3, -0.25) is 9.80 Å². The number of nitrogens with zero attached hydrogens (tertiary/aromatic N) is 6. The number of ether oxygens (including phenoxy) is 1. The molecule has 9 nitrogen and oxygen atoms in total. The van der Waals surface area contributed by atoms with Crippen molar-refractivity contribution >= 4 is 12.2 Å². The van der Waals surface area contributed by atoms with Crippen LogP contribution in [0.4, 0.5) is 0 Å². The number of hydrogen-bond donors (Lipinski definition) is 0. The van der Waals surface area contributed by atoms with Crippen molar-refractivity contribution in [2.45, 2.75) is 13.2 Å². The molecule has 1 aliphatic rings. The zero-order chi connectivity index (χ0) is 22.6. The molecule has 0 radical (unpaired) electrons. The van der Waals surface area contributed by atoms with E-state index in [0.29, 0.717) is 35.7 Å². The summed E-state index contributed by atoms with van der Waals surface area (Å²) >= 11 is 5.37. The molecular weight excluding hydrogens is 440 g/mol. The first-order valence-corrected chi connectivity index (χ1v) is 11.1. The number of rotatable bonds is 7. The van der Waals surface area contributed by atoms with Crippen LogP contribution in [0, 0.1) is 4.84 Å². The number of hydrogen-bond acceptors (Lipinski definition) is 9. The maximum Gasteiger partial charge on any atom is 0.288 e. The van der Waals surface area contributed by atoms with Gasteiger partial charge in [-0.05, 0) is 48.6 Å². The monoisotopic (exact) mass is 464 g/mol. The van der Waals surface area contributed by atoms with Crippen molar-refractivity contribution in [3.8, 4) is 28.6 Å². The van der Waals surface area contributed by atoms with Crippen molar-refractivity contribution in [1.29, 1.82) is 0 Å². The van der Waals surface area contributed by atoms with Gasteiger partial charge in [0.05, 0.1) is 20.3 Å². The molecule has 0 unspecified atom stereocenters. The van der Waals surface area contributed by atoms with Gasteiger partial charge in [-0.1, -0.05) is 23.4 Å². The van der Waals surface area contributed by atoms with Gasteiger partial charge in [0.1, 0.15) is 5.75 Å². The van der Waals surface area contributed by atoms with Crippen LogP contribution in [0.3, 0.4) is 0 Å². The van der Waals surface area contributed by atoms with E-state index >= 15 is 0 Å². The average Bonchev–Trinajstić information content (AvgIpc) is 3.48. The molecule has 0 amide bonds. The third-order valence-corrected chi connectivity index (χ3v) is 5.90. The molecule has 4 aromatic rings. The van der Waals surface area contributed by atoms with Crippen molar-refractivity contribution in [1.82, 2.24) is 29.7 Å². The molecule has 33 heavy (non-hydrogen) atoms. The third kappa shape index (κ3) is 5.03. The highest BCUT2D eigenvalue weighted by Crippen LogP contribution is 2.21. The highest BCUT2D eigenvalue weighted by atomic mass is 32.1. The van der Waals surface area contributed by atoms with Crippen molar-refractivity contribution in [3.05, 3.63) is 65.3 Å². The fraction of sp³-hybridized carbons (Fsp3) is 0.304. The standard InChI is InChI=1S/C23H24N6O3S/c1-30-19-9-7-17(8-10-19)21-24-20(32-26-21)15-27-11-13-28(14-12-27)16-29-23(33)31-22(25-29)18-5-3-2-4-6-18/h2-10H,11-16H2,1H3. The predicted molar refractivity (Wildman–Crippen MR) is 124 cm³/mol. The first kappa shape index (κ1) is 21.5. The van der Waals surface area contributed by atoms with Gasteiger partial charge in [0.15, 0.2) is 0 Å². The molecule has 0 atom stereocenters. The van der Waals surface area contributed by atoms with Crippen LogP contribution in [0.1, 0.15) is 5.89 Å². The Bertz CT molecular complexity index is 1240. The molecule has 5 rings (SSSR count). The van der Waals surface area contributed by atoms with E-state index in [-0.39, 0.29) is 0 Å². The smallest absolute Gasteiger partial charge is 0.288 e. The second-order valence-corrected chi connectivity index (χ2v) is 8.16. The molecule has 0 N–H and O–H groups in total. The van der Waals surface area contributed by atoms with E-state index in [4.69, 9.17) is 25.9 Å². The van der Waals surface area contributed by atoms with Gasteiger partial charge in [-0.15, -0.1) is 5.10 Å². The van der Waals surface area contributed by atoms with Crippen LogP contribution < -0.4 is 4.74 Å². The Labute approximate surface area is 196 Å². The van der Waals surface area contributed by atoms with Crippen LogP contribution in [0.25, 0.3) is 22.8 Å². The van der Waals surface area contributed by atoms with Gasteiger partial charge in [-0.2, -0.15) is 4.98 Å². The molecule has 1 aliphatic heterocycles. The molecule has 0 saturated carbocycles. The molecular formula is C23H24N6O3S. The minimum Gasteiger partial charge on any atom is -0.497 e. The first-order chi connectivity index (χ1) is 16.2. The van der Waals surface area contributed by atoms with Crippen LogP contribution in [-0.4, -0.2) is 63.0 Å². The third-order valence-electron chi connectivity index (χ3n) is 5.60. The summed E-state index contributed by atoms with van der Waals surface area (Å²) < 4.78 is 18.1. The van der Waals surface area contributed by atoms with E-state index in [0.717, 1.165) is 43.1 Å². The van der Waals surface area contributed by atoms with Crippen LogP contribution in [-0.2, 0) is 13.2 Å². The highest BCUT2D eigenvalue weighted by Gasteiger charge is 2.21. The Balaban J connectivity index is 1.15. The molecule has 0 aliphatic carbocycles. The van der Waals surface area contributed by atoms with Crippen molar-refractivity contribution in [2.24, 2.45) is 0 Å². The molecule has 2 aromatic heterocycles. The Hall–Kier alpha value is -3.34. The summed E-state index contributed by atoms with van der Waals surface area (Å²) in [7, 11) is 1.64. The maximum absolute atomic E-state index is 5.69. The molecule has 10 heteroatoms. The summed E-state index contributed by atoms with van der Waals surface area (Å²) in [4.78, 5) is 9.54. The van der Waals surface area contributed by atoms with Gasteiger partial charge in [0.2, 0.25) is 17.6 Å². The van der Waals surface area contributed by atoms with Crippen LogP contribution in [0.5, 0.6) is 5.75 Å². The molecule has 2 aromatic carbocycles. The Morgan fingerprint density at radius 1 is 0.939 bits per heavy atom. The summed E-state index contributed by atoms with van der Waals surface area (Å²) in [6.45, 7) is 4.77. The summed E-state index contributed by atoms with van der Waals surface area (Å²) in [6.07, 6.45) is 0. The zero-order valence-electron chi connectivity index (χ0n) is 18.3. The predicted octanol–water partition coefficient (Wildman–Crippen LogP) is 3.71. The van der Waals surface area contributed by atoms with Crippen molar-refractivity contribution < 1.29 is 13.7 Å². The first-order valence-electron chi connectivity index (χ1n) is 10.7. The van der Waals surface area contributed by atoms with E-state index in [1.54, 1.807) is 11.8 Å². The Kier molecular flexibility index (Phi) is 6.29. The SMILES string of the molecule is COc1ccc(-c2noc(CN3CCN(Cn4nc(-c5ccccc5)oc4=S)CC3)n2)cc1. The van der Waals surface area contributed by atoms with Gasteiger partial charge >= 0.3 is 0 Å². The minimum absolute atomic E-state index is 0.383. The lowest BCUT2D eigenvalue weighted by Crippen LogP contribution is -2.46. The molecule has 1 fully saturated rings. The molecule has 0 bridgehead atoms. The number of aromatic nitrogens is 4. The topological polar surface area (TPSA) is 85.6 Å². The molecule has 0 spiro atoms. The normalized spacial score (nSPS) is 15.1. The van der Waals surface area contributed by atoms with Crippen LogP contribution in [0.15, 0.2) is 63.5 Å². The summed E-state index contributed by atoms with van der Waals surface area (Å²) in [5.41, 5.74) is 1.82. The minimum atomic E-state index is 0.383. The fourth-order valence-corrected chi connectivity index (χ4v) is 3.92. The Morgan fingerprint density at radius 2 is 1.67 bits per heavy atom. The van der Waals surface area contributed by atoms with E-state index in [1.165, 1.54) is 0 Å². The van der Waals surface area contributed by atoms with E-state index in [9.17, 15) is 0 Å². The summed E-state index contributed by atoms with van der Waals surface area (Å²) in [5.74, 6) is 2.54. The number of piperazine rings is 1. The maximum atomic E-state index is 5.69. The summed E-state index contributed by atoms with van der Waals surface area (Å²) in [6, 6.07) is 17.4. The quantitative estimate of drug-likeness (QED) is 0.380. The van der Waals surface area contributed by atoms with Crippen LogP contribution in [0.2, 0.25) is 0 Å². The lowest BCUT2D eigenvalue weighted by atomic mass is 10.2. The van der Waals surface area contributed by atoms with E-state index in [2.05, 4.69) is 25.0 Å². The average molecular weight is 465 g/mol. The lowest BCUT2D eigenvalue weighted by Gasteiger charge is -2.33. The number of methoxy groups -OCH3 is 1. The second-order valence-electron chi connectivity index (χ2n) is 7.81. The van der Waals surface area contributed by atoms with E-state index < -0.39 is 0 Å². The van der Waals surface area contributed by atoms with E-state index in [1.807, 2.05) is 54.6 Å². The fourth-order valence-electron chi connectivity index (χ4n) is 3.74. The number of benzene rings is 2. The second kappa shape index (κ2) is 9.65. The van der Waals surface area contributed by atoms with Gasteiger partial charge in [0.25, 0.3) is 4.84 Å². The van der Waals surface area contributed by atoms with Crippen molar-refractivity contribution in [2.75, 3.05) is 33.3 Å². The lowest BCUT2D eigenvalue weighted by molar-refractivity contribution is 0.0902. The molecule has 3 heterocycles.